The fraction of sp³-hybridized carbons (Fsp3) is 0.600. The van der Waals surface area contributed by atoms with Gasteiger partial charge in [0.05, 0.1) is 0 Å². The average molecular weight is 227 g/mol. The molecule has 0 spiro atoms. The molecular weight excluding hydrogens is 210 g/mol. The highest BCUT2D eigenvalue weighted by molar-refractivity contribution is 7.09. The third kappa shape index (κ3) is 2.76. The van der Waals surface area contributed by atoms with E-state index in [0.29, 0.717) is 18.8 Å². The van der Waals surface area contributed by atoms with Crippen molar-refractivity contribution in [3.05, 3.63) is 16.1 Å². The Labute approximate surface area is 94.1 Å². The molecule has 1 rings (SSSR count). The SMILES string of the molecule is CCN(C(=O)c1csc(CN)n1)C(C)C. The van der Waals surface area contributed by atoms with Gasteiger partial charge in [0, 0.05) is 24.5 Å². The lowest BCUT2D eigenvalue weighted by atomic mass is 10.3. The maximum atomic E-state index is 12.0. The van der Waals surface area contributed by atoms with Gasteiger partial charge in [-0.1, -0.05) is 0 Å². The zero-order valence-electron chi connectivity index (χ0n) is 9.36. The molecule has 0 aromatic carbocycles. The summed E-state index contributed by atoms with van der Waals surface area (Å²) in [6.07, 6.45) is 0. The molecule has 0 fully saturated rings. The molecule has 84 valence electrons. The van der Waals surface area contributed by atoms with E-state index < -0.39 is 0 Å². The first kappa shape index (κ1) is 12.1. The van der Waals surface area contributed by atoms with Gasteiger partial charge in [-0.05, 0) is 20.8 Å². The van der Waals surface area contributed by atoms with E-state index in [4.69, 9.17) is 5.73 Å². The van der Waals surface area contributed by atoms with Crippen molar-refractivity contribution in [1.82, 2.24) is 9.88 Å². The first-order chi connectivity index (χ1) is 7.10. The predicted octanol–water partition coefficient (Wildman–Crippen LogP) is 1.47. The summed E-state index contributed by atoms with van der Waals surface area (Å²) in [6.45, 7) is 7.06. The Morgan fingerprint density at radius 1 is 1.67 bits per heavy atom. The Hall–Kier alpha value is -0.940. The molecule has 0 atom stereocenters. The molecule has 0 bridgehead atoms. The van der Waals surface area contributed by atoms with Crippen molar-refractivity contribution in [2.24, 2.45) is 5.73 Å². The zero-order valence-corrected chi connectivity index (χ0v) is 10.2. The summed E-state index contributed by atoms with van der Waals surface area (Å²) in [5.41, 5.74) is 5.96. The zero-order chi connectivity index (χ0) is 11.4. The number of carbonyl (C=O) groups excluding carboxylic acids is 1. The van der Waals surface area contributed by atoms with E-state index in [-0.39, 0.29) is 11.9 Å². The summed E-state index contributed by atoms with van der Waals surface area (Å²) in [5.74, 6) is -0.0107. The molecule has 2 N–H and O–H groups in total. The maximum absolute atomic E-state index is 12.0. The van der Waals surface area contributed by atoms with Crippen LogP contribution in [0, 0.1) is 0 Å². The Morgan fingerprint density at radius 2 is 2.33 bits per heavy atom. The number of rotatable bonds is 4. The fourth-order valence-corrected chi connectivity index (χ4v) is 2.04. The van der Waals surface area contributed by atoms with E-state index in [2.05, 4.69) is 4.98 Å². The van der Waals surface area contributed by atoms with Crippen molar-refractivity contribution in [1.29, 1.82) is 0 Å². The minimum Gasteiger partial charge on any atom is -0.335 e. The van der Waals surface area contributed by atoms with Crippen molar-refractivity contribution >= 4 is 17.2 Å². The highest BCUT2D eigenvalue weighted by atomic mass is 32.1. The molecular formula is C10H17N3OS. The molecule has 0 saturated carbocycles. The Morgan fingerprint density at radius 3 is 2.73 bits per heavy atom. The van der Waals surface area contributed by atoms with Crippen molar-refractivity contribution in [2.75, 3.05) is 6.54 Å². The molecule has 15 heavy (non-hydrogen) atoms. The third-order valence-electron chi connectivity index (χ3n) is 2.17. The molecule has 5 heteroatoms. The molecule has 0 aliphatic rings. The van der Waals surface area contributed by atoms with Gasteiger partial charge in [-0.2, -0.15) is 0 Å². The molecule has 0 aliphatic heterocycles. The van der Waals surface area contributed by atoms with Gasteiger partial charge in [-0.3, -0.25) is 4.79 Å². The number of hydrogen-bond acceptors (Lipinski definition) is 4. The van der Waals surface area contributed by atoms with E-state index in [1.165, 1.54) is 11.3 Å². The number of thiazole rings is 1. The lowest BCUT2D eigenvalue weighted by Crippen LogP contribution is -2.36. The highest BCUT2D eigenvalue weighted by Crippen LogP contribution is 2.12. The normalized spacial score (nSPS) is 10.7. The average Bonchev–Trinajstić information content (AvgIpc) is 2.66. The number of carbonyl (C=O) groups is 1. The third-order valence-corrected chi connectivity index (χ3v) is 3.04. The number of amides is 1. The molecule has 0 unspecified atom stereocenters. The smallest absolute Gasteiger partial charge is 0.273 e. The van der Waals surface area contributed by atoms with Gasteiger partial charge in [0.25, 0.3) is 5.91 Å². The molecule has 1 aromatic heterocycles. The van der Waals surface area contributed by atoms with E-state index >= 15 is 0 Å². The lowest BCUT2D eigenvalue weighted by molar-refractivity contribution is 0.0711. The summed E-state index contributed by atoms with van der Waals surface area (Å²) in [5, 5.41) is 2.58. The number of aromatic nitrogens is 1. The van der Waals surface area contributed by atoms with Gasteiger partial charge in [-0.25, -0.2) is 4.98 Å². The standard InChI is InChI=1S/C10H17N3OS/c1-4-13(7(2)3)10(14)8-6-15-9(5-11)12-8/h6-7H,4-5,11H2,1-3H3. The Bertz CT molecular complexity index is 335. The van der Waals surface area contributed by atoms with Crippen molar-refractivity contribution in [3.8, 4) is 0 Å². The van der Waals surface area contributed by atoms with Gasteiger partial charge in [0.15, 0.2) is 0 Å². The molecule has 1 aromatic rings. The second-order valence-corrected chi connectivity index (χ2v) is 4.46. The fourth-order valence-electron chi connectivity index (χ4n) is 1.39. The summed E-state index contributed by atoms with van der Waals surface area (Å²) in [4.78, 5) is 17.9. The Kier molecular flexibility index (Phi) is 4.23. The molecule has 0 radical (unpaired) electrons. The number of hydrogen-bond donors (Lipinski definition) is 1. The molecule has 1 heterocycles. The number of nitrogens with zero attached hydrogens (tertiary/aromatic N) is 2. The van der Waals surface area contributed by atoms with Gasteiger partial charge in [-0.15, -0.1) is 11.3 Å². The second-order valence-electron chi connectivity index (χ2n) is 3.52. The van der Waals surface area contributed by atoms with Gasteiger partial charge >= 0.3 is 0 Å². The predicted molar refractivity (Wildman–Crippen MR) is 61.9 cm³/mol. The molecule has 4 nitrogen and oxygen atoms in total. The summed E-state index contributed by atoms with van der Waals surface area (Å²) < 4.78 is 0. The minimum absolute atomic E-state index is 0.0107. The van der Waals surface area contributed by atoms with Gasteiger partial charge in [0.1, 0.15) is 10.7 Å². The van der Waals surface area contributed by atoms with Crippen molar-refractivity contribution in [3.63, 3.8) is 0 Å². The first-order valence-corrected chi connectivity index (χ1v) is 5.93. The van der Waals surface area contributed by atoms with Gasteiger partial charge in [0.2, 0.25) is 0 Å². The molecule has 0 aliphatic carbocycles. The van der Waals surface area contributed by atoms with Crippen LogP contribution in [-0.4, -0.2) is 28.4 Å². The van der Waals surface area contributed by atoms with Crippen LogP contribution >= 0.6 is 11.3 Å². The van der Waals surface area contributed by atoms with Crippen LogP contribution in [0.25, 0.3) is 0 Å². The van der Waals surface area contributed by atoms with E-state index in [9.17, 15) is 4.79 Å². The van der Waals surface area contributed by atoms with Crippen LogP contribution in [-0.2, 0) is 6.54 Å². The first-order valence-electron chi connectivity index (χ1n) is 5.05. The van der Waals surface area contributed by atoms with Crippen LogP contribution in [0.3, 0.4) is 0 Å². The van der Waals surface area contributed by atoms with Crippen LogP contribution in [0.2, 0.25) is 0 Å². The van der Waals surface area contributed by atoms with E-state index in [1.54, 1.807) is 10.3 Å². The maximum Gasteiger partial charge on any atom is 0.273 e. The van der Waals surface area contributed by atoms with Crippen molar-refractivity contribution in [2.45, 2.75) is 33.4 Å². The second kappa shape index (κ2) is 5.23. The monoisotopic (exact) mass is 227 g/mol. The van der Waals surface area contributed by atoms with Crippen LogP contribution in [0.4, 0.5) is 0 Å². The number of nitrogens with two attached hydrogens (primary N) is 1. The Balaban J connectivity index is 2.83. The quantitative estimate of drug-likeness (QED) is 0.847. The van der Waals surface area contributed by atoms with Crippen LogP contribution < -0.4 is 5.73 Å². The van der Waals surface area contributed by atoms with E-state index in [0.717, 1.165) is 5.01 Å². The van der Waals surface area contributed by atoms with Gasteiger partial charge < -0.3 is 10.6 Å². The van der Waals surface area contributed by atoms with Crippen molar-refractivity contribution < 1.29 is 4.79 Å². The molecule has 1 amide bonds. The largest absolute Gasteiger partial charge is 0.335 e. The van der Waals surface area contributed by atoms with Crippen LogP contribution in [0.15, 0.2) is 5.38 Å². The topological polar surface area (TPSA) is 59.2 Å². The summed E-state index contributed by atoms with van der Waals surface area (Å²) in [6, 6.07) is 0.200. The molecule has 0 saturated heterocycles. The highest BCUT2D eigenvalue weighted by Gasteiger charge is 2.19. The summed E-state index contributed by atoms with van der Waals surface area (Å²) in [7, 11) is 0. The van der Waals surface area contributed by atoms with Crippen LogP contribution in [0.1, 0.15) is 36.3 Å². The van der Waals surface area contributed by atoms with E-state index in [1.807, 2.05) is 20.8 Å². The van der Waals surface area contributed by atoms with Crippen LogP contribution in [0.5, 0.6) is 0 Å². The summed E-state index contributed by atoms with van der Waals surface area (Å²) >= 11 is 1.43. The lowest BCUT2D eigenvalue weighted by Gasteiger charge is -2.24. The minimum atomic E-state index is -0.0107.